The van der Waals surface area contributed by atoms with E-state index >= 15 is 0 Å². The normalized spacial score (nSPS) is 10.3. The van der Waals surface area contributed by atoms with Gasteiger partial charge in [0.1, 0.15) is 15.1 Å². The number of rotatable bonds is 2. The first-order valence-electron chi connectivity index (χ1n) is 4.24. The summed E-state index contributed by atoms with van der Waals surface area (Å²) in [4.78, 5) is 10.8. The summed E-state index contributed by atoms with van der Waals surface area (Å²) >= 11 is 1.82. The number of hydrogen-bond donors (Lipinski definition) is 2. The lowest BCUT2D eigenvalue weighted by Crippen LogP contribution is -2.02. The van der Waals surface area contributed by atoms with E-state index in [4.69, 9.17) is 5.11 Å². The van der Waals surface area contributed by atoms with Crippen molar-refractivity contribution in [3.05, 3.63) is 33.7 Å². The number of carboxylic acid groups (broad SMARTS) is 1. The molecule has 0 aliphatic heterocycles. The van der Waals surface area contributed by atoms with Crippen LogP contribution in [-0.2, 0) is 0 Å². The average Bonchev–Trinajstić information content (AvgIpc) is 2.61. The van der Waals surface area contributed by atoms with Crippen LogP contribution in [0.2, 0.25) is 0 Å². The molecular formula is C9H6IN3O3. The van der Waals surface area contributed by atoms with Crippen LogP contribution in [-0.4, -0.2) is 31.2 Å². The van der Waals surface area contributed by atoms with Crippen molar-refractivity contribution in [1.82, 2.24) is 15.0 Å². The first-order valence-corrected chi connectivity index (χ1v) is 5.32. The predicted octanol–water partition coefficient (Wildman–Crippen LogP) is 1.28. The summed E-state index contributed by atoms with van der Waals surface area (Å²) < 4.78 is 1.62. The molecule has 0 fully saturated rings. The van der Waals surface area contributed by atoms with E-state index in [-0.39, 0.29) is 11.4 Å². The van der Waals surface area contributed by atoms with Crippen molar-refractivity contribution in [1.29, 1.82) is 0 Å². The van der Waals surface area contributed by atoms with E-state index in [9.17, 15) is 9.90 Å². The second-order valence-electron chi connectivity index (χ2n) is 2.93. The number of carbonyl (C=O) groups is 1. The van der Waals surface area contributed by atoms with Gasteiger partial charge in [0.05, 0.1) is 0 Å². The van der Waals surface area contributed by atoms with Crippen molar-refractivity contribution in [2.45, 2.75) is 0 Å². The van der Waals surface area contributed by atoms with Crippen molar-refractivity contribution in [3.8, 4) is 11.4 Å². The lowest BCUT2D eigenvalue weighted by Gasteiger charge is -2.03. The number of para-hydroxylation sites is 2. The minimum atomic E-state index is -1.15. The summed E-state index contributed by atoms with van der Waals surface area (Å²) in [7, 11) is 0. The molecule has 2 aromatic rings. The van der Waals surface area contributed by atoms with Crippen molar-refractivity contribution >= 4 is 28.6 Å². The van der Waals surface area contributed by atoms with Crippen molar-refractivity contribution in [3.63, 3.8) is 0 Å². The maximum Gasteiger partial charge on any atom is 0.359 e. The van der Waals surface area contributed by atoms with Crippen LogP contribution in [0.15, 0.2) is 24.3 Å². The van der Waals surface area contributed by atoms with Crippen molar-refractivity contribution in [2.24, 2.45) is 0 Å². The van der Waals surface area contributed by atoms with Gasteiger partial charge in [-0.25, -0.2) is 9.48 Å². The lowest BCUT2D eigenvalue weighted by molar-refractivity contribution is 0.0689. The molecular weight excluding hydrogens is 325 g/mol. The number of hydrogen-bond acceptors (Lipinski definition) is 4. The van der Waals surface area contributed by atoms with Crippen LogP contribution >= 0.6 is 22.6 Å². The molecule has 0 unspecified atom stereocenters. The first-order chi connectivity index (χ1) is 7.61. The van der Waals surface area contributed by atoms with Crippen LogP contribution in [0.25, 0.3) is 5.69 Å². The largest absolute Gasteiger partial charge is 0.506 e. The number of phenols is 1. The van der Waals surface area contributed by atoms with E-state index in [0.717, 1.165) is 0 Å². The molecule has 82 valence electrons. The SMILES string of the molecule is O=C(O)c1nnn(-c2ccccc2O)c1I. The van der Waals surface area contributed by atoms with E-state index in [1.165, 1.54) is 10.7 Å². The van der Waals surface area contributed by atoms with Gasteiger partial charge in [0.2, 0.25) is 5.69 Å². The molecule has 2 N–H and O–H groups in total. The molecule has 1 aromatic carbocycles. The molecule has 6 nitrogen and oxygen atoms in total. The quantitative estimate of drug-likeness (QED) is 0.810. The number of nitrogens with zero attached hydrogens (tertiary/aromatic N) is 3. The molecule has 0 radical (unpaired) electrons. The van der Waals surface area contributed by atoms with Gasteiger partial charge >= 0.3 is 5.97 Å². The molecule has 16 heavy (non-hydrogen) atoms. The molecule has 1 heterocycles. The van der Waals surface area contributed by atoms with Crippen LogP contribution in [0.1, 0.15) is 10.5 Å². The molecule has 0 bridgehead atoms. The third-order valence-electron chi connectivity index (χ3n) is 1.93. The summed E-state index contributed by atoms with van der Waals surface area (Å²) in [6.07, 6.45) is 0. The zero-order valence-corrected chi connectivity index (χ0v) is 9.99. The van der Waals surface area contributed by atoms with Gasteiger partial charge < -0.3 is 10.2 Å². The Morgan fingerprint density at radius 2 is 2.06 bits per heavy atom. The van der Waals surface area contributed by atoms with E-state index in [0.29, 0.717) is 9.39 Å². The third kappa shape index (κ3) is 1.73. The van der Waals surface area contributed by atoms with Crippen molar-refractivity contribution in [2.75, 3.05) is 0 Å². The van der Waals surface area contributed by atoms with Gasteiger partial charge in [0.25, 0.3) is 0 Å². The Morgan fingerprint density at radius 3 is 2.62 bits per heavy atom. The number of aromatic carboxylic acids is 1. The Bertz CT molecular complexity index is 553. The molecule has 0 atom stereocenters. The van der Waals surface area contributed by atoms with Crippen molar-refractivity contribution < 1.29 is 15.0 Å². The molecule has 7 heteroatoms. The number of halogens is 1. The fourth-order valence-electron chi connectivity index (χ4n) is 1.20. The average molecular weight is 331 g/mol. The van der Waals surface area contributed by atoms with Crippen LogP contribution in [0.4, 0.5) is 0 Å². The Balaban J connectivity index is 2.58. The summed E-state index contributed by atoms with van der Waals surface area (Å²) in [5.41, 5.74) is 0.260. The Hall–Kier alpha value is -1.64. The highest BCUT2D eigenvalue weighted by Gasteiger charge is 2.18. The van der Waals surface area contributed by atoms with E-state index in [2.05, 4.69) is 10.3 Å². The number of aromatic nitrogens is 3. The maximum absolute atomic E-state index is 10.8. The Kier molecular flexibility index (Phi) is 2.77. The van der Waals surface area contributed by atoms with Gasteiger partial charge in [-0.15, -0.1) is 5.10 Å². The van der Waals surface area contributed by atoms with Crippen LogP contribution in [0.5, 0.6) is 5.75 Å². The highest BCUT2D eigenvalue weighted by molar-refractivity contribution is 14.1. The monoisotopic (exact) mass is 331 g/mol. The summed E-state index contributed by atoms with van der Waals surface area (Å²) in [6.45, 7) is 0. The first kappa shape index (κ1) is 10.9. The van der Waals surface area contributed by atoms with Gasteiger partial charge in [-0.2, -0.15) is 0 Å². The van der Waals surface area contributed by atoms with Crippen LogP contribution in [0, 0.1) is 3.70 Å². The molecule has 0 aliphatic rings. The Labute approximate surface area is 104 Å². The van der Waals surface area contributed by atoms with Gasteiger partial charge in [0, 0.05) is 0 Å². The summed E-state index contributed by atoms with van der Waals surface area (Å²) in [5.74, 6) is -1.13. The highest BCUT2D eigenvalue weighted by Crippen LogP contribution is 2.23. The number of benzene rings is 1. The second kappa shape index (κ2) is 4.08. The molecule has 0 saturated carbocycles. The van der Waals surface area contributed by atoms with E-state index in [1.807, 2.05) is 22.6 Å². The number of carboxylic acids is 1. The molecule has 0 aliphatic carbocycles. The minimum absolute atomic E-state index is 0.0160. The van der Waals surface area contributed by atoms with Gasteiger partial charge in [-0.3, -0.25) is 0 Å². The molecule has 0 amide bonds. The molecule has 0 spiro atoms. The Morgan fingerprint density at radius 1 is 1.38 bits per heavy atom. The molecule has 2 rings (SSSR count). The van der Waals surface area contributed by atoms with Crippen LogP contribution in [0.3, 0.4) is 0 Å². The highest BCUT2D eigenvalue weighted by atomic mass is 127. The second-order valence-corrected chi connectivity index (χ2v) is 3.96. The summed E-state index contributed by atoms with van der Waals surface area (Å²) in [6, 6.07) is 6.50. The lowest BCUT2D eigenvalue weighted by atomic mass is 10.3. The third-order valence-corrected chi connectivity index (χ3v) is 2.90. The molecule has 0 saturated heterocycles. The maximum atomic E-state index is 10.8. The standard InChI is InChI=1S/C9H6IN3O3/c10-8-7(9(15)16)11-12-13(8)5-3-1-2-4-6(5)14/h1-4,14H,(H,15,16). The van der Waals surface area contributed by atoms with Gasteiger partial charge in [-0.1, -0.05) is 17.3 Å². The zero-order valence-electron chi connectivity index (χ0n) is 7.83. The summed E-state index contributed by atoms with van der Waals surface area (Å²) in [5, 5.41) is 25.6. The van der Waals surface area contributed by atoms with Gasteiger partial charge in [0.15, 0.2) is 0 Å². The fourth-order valence-corrected chi connectivity index (χ4v) is 1.89. The minimum Gasteiger partial charge on any atom is -0.506 e. The molecule has 1 aromatic heterocycles. The zero-order chi connectivity index (χ0) is 11.7. The van der Waals surface area contributed by atoms with Crippen LogP contribution < -0.4 is 0 Å². The predicted molar refractivity (Wildman–Crippen MR) is 62.7 cm³/mol. The van der Waals surface area contributed by atoms with E-state index in [1.54, 1.807) is 18.2 Å². The fraction of sp³-hybridized carbons (Fsp3) is 0. The number of phenolic OH excluding ortho intramolecular Hbond substituents is 1. The number of aromatic hydroxyl groups is 1. The smallest absolute Gasteiger partial charge is 0.359 e. The topological polar surface area (TPSA) is 88.2 Å². The van der Waals surface area contributed by atoms with E-state index < -0.39 is 5.97 Å². The van der Waals surface area contributed by atoms with Gasteiger partial charge in [-0.05, 0) is 34.7 Å².